The summed E-state index contributed by atoms with van der Waals surface area (Å²) in [5.41, 5.74) is 4.50. The van der Waals surface area contributed by atoms with Crippen molar-refractivity contribution in [3.63, 3.8) is 0 Å². The van der Waals surface area contributed by atoms with Gasteiger partial charge in [-0.15, -0.1) is 11.6 Å². The third-order valence-corrected chi connectivity index (χ3v) is 6.20. The smallest absolute Gasteiger partial charge is 0.238 e. The van der Waals surface area contributed by atoms with Crippen LogP contribution in [0.1, 0.15) is 41.7 Å². The van der Waals surface area contributed by atoms with E-state index in [0.29, 0.717) is 12.6 Å². The van der Waals surface area contributed by atoms with Gasteiger partial charge in [-0.2, -0.15) is 5.10 Å². The van der Waals surface area contributed by atoms with Gasteiger partial charge in [-0.1, -0.05) is 18.2 Å². The third kappa shape index (κ3) is 2.91. The van der Waals surface area contributed by atoms with Crippen molar-refractivity contribution in [2.45, 2.75) is 31.3 Å². The highest BCUT2D eigenvalue weighted by atomic mass is 35.5. The number of amides is 1. The number of benzene rings is 1. The number of hydrogen-bond acceptors (Lipinski definition) is 3. The Morgan fingerprint density at radius 3 is 2.93 bits per heavy atom. The maximum Gasteiger partial charge on any atom is 0.238 e. The molecule has 5 rings (SSSR count). The van der Waals surface area contributed by atoms with Gasteiger partial charge in [0.2, 0.25) is 5.91 Å². The lowest BCUT2D eigenvalue weighted by Gasteiger charge is -2.35. The van der Waals surface area contributed by atoms with Crippen molar-refractivity contribution in [1.29, 1.82) is 0 Å². The van der Waals surface area contributed by atoms with Gasteiger partial charge < -0.3 is 14.6 Å². The van der Waals surface area contributed by atoms with Gasteiger partial charge >= 0.3 is 0 Å². The first-order valence-corrected chi connectivity index (χ1v) is 10.4. The van der Waals surface area contributed by atoms with E-state index in [2.05, 4.69) is 34.5 Å². The number of aromatic nitrogens is 3. The Bertz CT molecular complexity index is 1000. The standard InChI is InChI=1S/C21H23ClN4O2/c22-11-19(27)25-8-5-17-16-3-1-2-4-18(16)24-20(17)21(25)14-12-23-26(13-14)15-6-9-28-10-7-15/h1-4,12-13,15,21,24H,5-11H2/t21-/m1/s1. The second-order valence-electron chi connectivity index (χ2n) is 7.53. The molecule has 1 fully saturated rings. The van der Waals surface area contributed by atoms with Crippen LogP contribution >= 0.6 is 11.6 Å². The van der Waals surface area contributed by atoms with E-state index in [1.54, 1.807) is 0 Å². The number of nitrogens with one attached hydrogen (secondary N) is 1. The van der Waals surface area contributed by atoms with Gasteiger partial charge in [-0.25, -0.2) is 0 Å². The van der Waals surface area contributed by atoms with Crippen LogP contribution in [0.15, 0.2) is 36.7 Å². The van der Waals surface area contributed by atoms with Gasteiger partial charge in [0.15, 0.2) is 0 Å². The maximum absolute atomic E-state index is 12.6. The lowest BCUT2D eigenvalue weighted by atomic mass is 9.94. The molecule has 28 heavy (non-hydrogen) atoms. The first kappa shape index (κ1) is 17.8. The molecule has 146 valence electrons. The number of carbonyl (C=O) groups excluding carboxylic acids is 1. The molecule has 0 saturated carbocycles. The Morgan fingerprint density at radius 1 is 1.29 bits per heavy atom. The molecule has 7 heteroatoms. The summed E-state index contributed by atoms with van der Waals surface area (Å²) in [5.74, 6) is -0.0602. The Hall–Kier alpha value is -2.31. The van der Waals surface area contributed by atoms with Crippen molar-refractivity contribution in [2.24, 2.45) is 0 Å². The van der Waals surface area contributed by atoms with E-state index >= 15 is 0 Å². The third-order valence-electron chi connectivity index (χ3n) is 5.97. The minimum absolute atomic E-state index is 0.0137. The maximum atomic E-state index is 12.6. The summed E-state index contributed by atoms with van der Waals surface area (Å²) >= 11 is 5.93. The fourth-order valence-electron chi connectivity index (χ4n) is 4.58. The molecular formula is C21H23ClN4O2. The van der Waals surface area contributed by atoms with Crippen molar-refractivity contribution in [2.75, 3.05) is 25.6 Å². The minimum Gasteiger partial charge on any atom is -0.381 e. The zero-order valence-electron chi connectivity index (χ0n) is 15.6. The molecule has 0 bridgehead atoms. The van der Waals surface area contributed by atoms with Crippen LogP contribution in [0.3, 0.4) is 0 Å². The SMILES string of the molecule is O=C(CCl)N1CCc2c([nH]c3ccccc23)[C@H]1c1cnn(C2CCOCC2)c1. The lowest BCUT2D eigenvalue weighted by Crippen LogP contribution is -2.41. The molecule has 2 aliphatic heterocycles. The molecule has 0 aliphatic carbocycles. The molecule has 0 spiro atoms. The van der Waals surface area contributed by atoms with Crippen LogP contribution in [0.25, 0.3) is 10.9 Å². The Labute approximate surface area is 168 Å². The summed E-state index contributed by atoms with van der Waals surface area (Å²) in [7, 11) is 0. The topological polar surface area (TPSA) is 63.2 Å². The van der Waals surface area contributed by atoms with Gasteiger partial charge in [0.05, 0.1) is 12.2 Å². The second kappa shape index (κ2) is 7.26. The van der Waals surface area contributed by atoms with E-state index < -0.39 is 0 Å². The summed E-state index contributed by atoms with van der Waals surface area (Å²) in [4.78, 5) is 18.1. The zero-order chi connectivity index (χ0) is 19.1. The van der Waals surface area contributed by atoms with Crippen molar-refractivity contribution < 1.29 is 9.53 Å². The number of para-hydroxylation sites is 1. The quantitative estimate of drug-likeness (QED) is 0.687. The van der Waals surface area contributed by atoms with Crippen LogP contribution in [-0.4, -0.2) is 51.2 Å². The van der Waals surface area contributed by atoms with E-state index in [9.17, 15) is 4.79 Å². The molecule has 2 aromatic heterocycles. The van der Waals surface area contributed by atoms with Crippen molar-refractivity contribution in [3.05, 3.63) is 53.5 Å². The highest BCUT2D eigenvalue weighted by Crippen LogP contribution is 2.38. The van der Waals surface area contributed by atoms with Gasteiger partial charge in [0.1, 0.15) is 11.9 Å². The minimum atomic E-state index is -0.184. The molecule has 2 aliphatic rings. The predicted octanol–water partition coefficient (Wildman–Crippen LogP) is 3.43. The molecule has 6 nitrogen and oxygen atoms in total. The zero-order valence-corrected chi connectivity index (χ0v) is 16.4. The molecule has 1 N–H and O–H groups in total. The van der Waals surface area contributed by atoms with E-state index in [1.165, 1.54) is 10.9 Å². The van der Waals surface area contributed by atoms with Crippen molar-refractivity contribution in [1.82, 2.24) is 19.7 Å². The summed E-state index contributed by atoms with van der Waals surface area (Å²) in [6, 6.07) is 8.49. The monoisotopic (exact) mass is 398 g/mol. The van der Waals surface area contributed by atoms with Crippen molar-refractivity contribution >= 4 is 28.4 Å². The number of fused-ring (bicyclic) bond motifs is 3. The van der Waals surface area contributed by atoms with Gasteiger partial charge in [-0.05, 0) is 30.9 Å². The highest BCUT2D eigenvalue weighted by Gasteiger charge is 2.35. The molecule has 3 aromatic rings. The van der Waals surface area contributed by atoms with Crippen LogP contribution in [0.5, 0.6) is 0 Å². The Morgan fingerprint density at radius 2 is 2.11 bits per heavy atom. The fourth-order valence-corrected chi connectivity index (χ4v) is 4.73. The van der Waals surface area contributed by atoms with Crippen LogP contribution in [0, 0.1) is 0 Å². The van der Waals surface area contributed by atoms with E-state index in [0.717, 1.165) is 49.3 Å². The highest BCUT2D eigenvalue weighted by molar-refractivity contribution is 6.27. The summed E-state index contributed by atoms with van der Waals surface area (Å²) in [6.07, 6.45) is 6.75. The largest absolute Gasteiger partial charge is 0.381 e. The van der Waals surface area contributed by atoms with Crippen LogP contribution < -0.4 is 0 Å². The van der Waals surface area contributed by atoms with E-state index in [4.69, 9.17) is 16.3 Å². The van der Waals surface area contributed by atoms with Gasteiger partial charge in [-0.3, -0.25) is 9.48 Å². The summed E-state index contributed by atoms with van der Waals surface area (Å²) < 4.78 is 7.51. The van der Waals surface area contributed by atoms with Crippen LogP contribution in [0.2, 0.25) is 0 Å². The number of alkyl halides is 1. The fraction of sp³-hybridized carbons (Fsp3) is 0.429. The van der Waals surface area contributed by atoms with Gasteiger partial charge in [0.25, 0.3) is 0 Å². The Balaban J connectivity index is 1.58. The van der Waals surface area contributed by atoms with Crippen LogP contribution in [0.4, 0.5) is 0 Å². The number of rotatable bonds is 3. The van der Waals surface area contributed by atoms with Crippen molar-refractivity contribution in [3.8, 4) is 0 Å². The normalized spacial score (nSPS) is 20.5. The van der Waals surface area contributed by atoms with E-state index in [1.807, 2.05) is 21.8 Å². The molecule has 1 atom stereocenters. The molecule has 0 unspecified atom stereocenters. The number of ether oxygens (including phenoxy) is 1. The van der Waals surface area contributed by atoms with E-state index in [-0.39, 0.29) is 17.8 Å². The number of H-pyrrole nitrogens is 1. The Kier molecular flexibility index (Phi) is 4.61. The lowest BCUT2D eigenvalue weighted by molar-refractivity contribution is -0.130. The number of hydrogen-bond donors (Lipinski definition) is 1. The number of halogens is 1. The number of aromatic amines is 1. The van der Waals surface area contributed by atoms with Gasteiger partial charge in [0, 0.05) is 48.1 Å². The number of carbonyl (C=O) groups is 1. The molecule has 1 aromatic carbocycles. The first-order chi connectivity index (χ1) is 13.8. The molecule has 1 amide bonds. The average Bonchev–Trinajstić information content (AvgIpc) is 3.38. The predicted molar refractivity (Wildman–Crippen MR) is 108 cm³/mol. The summed E-state index contributed by atoms with van der Waals surface area (Å²) in [5, 5.41) is 5.87. The molecule has 1 saturated heterocycles. The molecule has 0 radical (unpaired) electrons. The first-order valence-electron chi connectivity index (χ1n) is 9.83. The van der Waals surface area contributed by atoms with Crippen LogP contribution in [-0.2, 0) is 16.0 Å². The second-order valence-corrected chi connectivity index (χ2v) is 7.80. The molecule has 4 heterocycles. The molecular weight excluding hydrogens is 376 g/mol. The summed E-state index contributed by atoms with van der Waals surface area (Å²) in [6.45, 7) is 2.20. The number of nitrogens with zero attached hydrogens (tertiary/aromatic N) is 3. The average molecular weight is 399 g/mol.